The summed E-state index contributed by atoms with van der Waals surface area (Å²) in [6, 6.07) is 13.7. The molecule has 25 heavy (non-hydrogen) atoms. The number of benzene rings is 1. The molecule has 0 N–H and O–H groups in total. The van der Waals surface area contributed by atoms with Gasteiger partial charge in [-0.1, -0.05) is 18.2 Å². The highest BCUT2D eigenvalue weighted by molar-refractivity contribution is 5.75. The van der Waals surface area contributed by atoms with Gasteiger partial charge in [-0.3, -0.25) is 14.5 Å². The molecule has 5 nitrogen and oxygen atoms in total. The van der Waals surface area contributed by atoms with Crippen LogP contribution in [0.25, 0.3) is 0 Å². The maximum Gasteiger partial charge on any atom is 0.244 e. The number of rotatable bonds is 7. The molecule has 0 spiro atoms. The zero-order valence-electron chi connectivity index (χ0n) is 13.8. The Balaban J connectivity index is 1.70. The number of carbonyl (C=O) groups excluding carboxylic acids is 1. The van der Waals surface area contributed by atoms with Gasteiger partial charge in [-0.25, -0.2) is 4.39 Å². The van der Waals surface area contributed by atoms with Crippen LogP contribution in [0.2, 0.25) is 0 Å². The van der Waals surface area contributed by atoms with Gasteiger partial charge < -0.3 is 4.90 Å². The first kappa shape index (κ1) is 16.8. The molecular formula is C19H19FN4O. The lowest BCUT2D eigenvalue weighted by Crippen LogP contribution is -2.35. The molecule has 3 rings (SSSR count). The van der Waals surface area contributed by atoms with Crippen LogP contribution in [-0.2, 0) is 24.3 Å². The topological polar surface area (TPSA) is 51.0 Å². The van der Waals surface area contributed by atoms with Crippen LogP contribution in [0.4, 0.5) is 4.39 Å². The molecule has 6 heteroatoms. The number of halogens is 1. The number of amides is 1. The normalized spacial score (nSPS) is 10.6. The Morgan fingerprint density at radius 1 is 1.08 bits per heavy atom. The molecule has 128 valence electrons. The smallest absolute Gasteiger partial charge is 0.244 e. The zero-order chi connectivity index (χ0) is 17.5. The number of pyridine rings is 1. The second kappa shape index (κ2) is 8.19. The van der Waals surface area contributed by atoms with Crippen molar-refractivity contribution in [1.29, 1.82) is 0 Å². The van der Waals surface area contributed by atoms with Crippen LogP contribution in [-0.4, -0.2) is 32.1 Å². The van der Waals surface area contributed by atoms with E-state index in [1.807, 2.05) is 18.2 Å². The molecule has 3 aromatic rings. The molecule has 0 saturated carbocycles. The van der Waals surface area contributed by atoms with Gasteiger partial charge in [0.1, 0.15) is 12.4 Å². The standard InChI is InChI=1S/C19H19FN4O/c20-17-7-5-16(6-8-17)14-23(13-9-18-4-1-2-10-21-18)19(25)15-24-12-3-11-22-24/h1-8,10-12H,9,13-15H2. The fraction of sp³-hybridized carbons (Fsp3) is 0.211. The number of aromatic nitrogens is 3. The molecule has 1 amide bonds. The van der Waals surface area contributed by atoms with E-state index in [2.05, 4.69) is 10.1 Å². The number of hydrogen-bond donors (Lipinski definition) is 0. The van der Waals surface area contributed by atoms with E-state index in [0.29, 0.717) is 19.5 Å². The van der Waals surface area contributed by atoms with E-state index >= 15 is 0 Å². The molecule has 0 aliphatic rings. The summed E-state index contributed by atoms with van der Waals surface area (Å²) in [5.41, 5.74) is 1.81. The maximum absolute atomic E-state index is 13.1. The molecule has 0 atom stereocenters. The molecule has 0 aliphatic carbocycles. The van der Waals surface area contributed by atoms with Gasteiger partial charge >= 0.3 is 0 Å². The van der Waals surface area contributed by atoms with Crippen molar-refractivity contribution in [2.24, 2.45) is 0 Å². The van der Waals surface area contributed by atoms with Gasteiger partial charge in [0.15, 0.2) is 0 Å². The Morgan fingerprint density at radius 3 is 2.60 bits per heavy atom. The van der Waals surface area contributed by atoms with E-state index in [1.54, 1.807) is 46.4 Å². The third kappa shape index (κ3) is 4.97. The highest BCUT2D eigenvalue weighted by atomic mass is 19.1. The monoisotopic (exact) mass is 338 g/mol. The highest BCUT2D eigenvalue weighted by Gasteiger charge is 2.15. The first-order valence-corrected chi connectivity index (χ1v) is 8.10. The number of carbonyl (C=O) groups is 1. The summed E-state index contributed by atoms with van der Waals surface area (Å²) in [4.78, 5) is 18.7. The quantitative estimate of drug-likeness (QED) is 0.665. The van der Waals surface area contributed by atoms with Gasteiger partial charge in [-0.2, -0.15) is 5.10 Å². The van der Waals surface area contributed by atoms with Gasteiger partial charge in [0, 0.05) is 43.8 Å². The van der Waals surface area contributed by atoms with E-state index in [9.17, 15) is 9.18 Å². The Hall–Kier alpha value is -3.02. The summed E-state index contributed by atoms with van der Waals surface area (Å²) in [6.07, 6.45) is 5.80. The van der Waals surface area contributed by atoms with Gasteiger partial charge in [-0.05, 0) is 35.9 Å². The van der Waals surface area contributed by atoms with Crippen LogP contribution >= 0.6 is 0 Å². The van der Waals surface area contributed by atoms with Crippen molar-refractivity contribution in [1.82, 2.24) is 19.7 Å². The minimum absolute atomic E-state index is 0.0380. The van der Waals surface area contributed by atoms with Crippen LogP contribution in [0.15, 0.2) is 67.1 Å². The molecule has 0 unspecified atom stereocenters. The van der Waals surface area contributed by atoms with Gasteiger partial charge in [0.25, 0.3) is 0 Å². The Bertz CT molecular complexity index is 788. The van der Waals surface area contributed by atoms with E-state index in [4.69, 9.17) is 0 Å². The number of nitrogens with zero attached hydrogens (tertiary/aromatic N) is 4. The SMILES string of the molecule is O=C(Cn1cccn1)N(CCc1ccccn1)Cc1ccc(F)cc1. The third-order valence-electron chi connectivity index (χ3n) is 3.86. The van der Waals surface area contributed by atoms with E-state index in [0.717, 1.165) is 11.3 Å². The number of hydrogen-bond acceptors (Lipinski definition) is 3. The van der Waals surface area contributed by atoms with Crippen molar-refractivity contribution >= 4 is 5.91 Å². The predicted octanol–water partition coefficient (Wildman–Crippen LogP) is 2.69. The molecule has 0 aliphatic heterocycles. The molecule has 2 aromatic heterocycles. The lowest BCUT2D eigenvalue weighted by atomic mass is 10.2. The van der Waals surface area contributed by atoms with Crippen molar-refractivity contribution in [3.8, 4) is 0 Å². The van der Waals surface area contributed by atoms with Gasteiger partial charge in [-0.15, -0.1) is 0 Å². The lowest BCUT2D eigenvalue weighted by molar-refractivity contribution is -0.132. The summed E-state index contributed by atoms with van der Waals surface area (Å²) >= 11 is 0. The van der Waals surface area contributed by atoms with Gasteiger partial charge in [0.05, 0.1) is 0 Å². The molecule has 0 bridgehead atoms. The molecule has 2 heterocycles. The summed E-state index contributed by atoms with van der Waals surface area (Å²) < 4.78 is 14.7. The Kier molecular flexibility index (Phi) is 5.51. The van der Waals surface area contributed by atoms with E-state index in [-0.39, 0.29) is 18.3 Å². The third-order valence-corrected chi connectivity index (χ3v) is 3.86. The summed E-state index contributed by atoms with van der Waals surface area (Å²) in [5.74, 6) is -0.324. The summed E-state index contributed by atoms with van der Waals surface area (Å²) in [5, 5.41) is 4.08. The highest BCUT2D eigenvalue weighted by Crippen LogP contribution is 2.09. The molecule has 0 radical (unpaired) electrons. The van der Waals surface area contributed by atoms with Crippen LogP contribution < -0.4 is 0 Å². The van der Waals surface area contributed by atoms with Crippen LogP contribution in [0.1, 0.15) is 11.3 Å². The maximum atomic E-state index is 13.1. The summed E-state index contributed by atoms with van der Waals surface area (Å²) in [7, 11) is 0. The fourth-order valence-corrected chi connectivity index (χ4v) is 2.53. The zero-order valence-corrected chi connectivity index (χ0v) is 13.8. The average Bonchev–Trinajstić information content (AvgIpc) is 3.14. The fourth-order valence-electron chi connectivity index (χ4n) is 2.53. The van der Waals surface area contributed by atoms with Crippen molar-refractivity contribution in [3.63, 3.8) is 0 Å². The largest absolute Gasteiger partial charge is 0.336 e. The van der Waals surface area contributed by atoms with Crippen molar-refractivity contribution in [2.75, 3.05) is 6.54 Å². The van der Waals surface area contributed by atoms with Crippen molar-refractivity contribution in [2.45, 2.75) is 19.5 Å². The van der Waals surface area contributed by atoms with Crippen LogP contribution in [0.5, 0.6) is 0 Å². The predicted molar refractivity (Wildman–Crippen MR) is 92.0 cm³/mol. The second-order valence-electron chi connectivity index (χ2n) is 5.72. The van der Waals surface area contributed by atoms with E-state index < -0.39 is 0 Å². The van der Waals surface area contributed by atoms with Crippen molar-refractivity contribution < 1.29 is 9.18 Å². The van der Waals surface area contributed by atoms with Gasteiger partial charge in [0.2, 0.25) is 5.91 Å². The van der Waals surface area contributed by atoms with E-state index in [1.165, 1.54) is 12.1 Å². The molecule has 0 fully saturated rings. The molecular weight excluding hydrogens is 319 g/mol. The Morgan fingerprint density at radius 2 is 1.92 bits per heavy atom. The summed E-state index contributed by atoms with van der Waals surface area (Å²) in [6.45, 7) is 1.14. The van der Waals surface area contributed by atoms with Crippen LogP contribution in [0.3, 0.4) is 0 Å². The average molecular weight is 338 g/mol. The van der Waals surface area contributed by atoms with Crippen molar-refractivity contribution in [3.05, 3.63) is 84.2 Å². The Labute approximate surface area is 145 Å². The first-order valence-electron chi connectivity index (χ1n) is 8.10. The molecule has 1 aromatic carbocycles. The minimum Gasteiger partial charge on any atom is -0.336 e. The first-order chi connectivity index (χ1) is 12.2. The van der Waals surface area contributed by atoms with Crippen LogP contribution in [0, 0.1) is 5.82 Å². The molecule has 0 saturated heterocycles. The lowest BCUT2D eigenvalue weighted by Gasteiger charge is -2.23. The minimum atomic E-state index is -0.286. The second-order valence-corrected chi connectivity index (χ2v) is 5.72.